The van der Waals surface area contributed by atoms with E-state index in [9.17, 15) is 9.90 Å². The third kappa shape index (κ3) is 3.14. The predicted octanol–water partition coefficient (Wildman–Crippen LogP) is 1.79. The largest absolute Gasteiger partial charge is 0.506 e. The van der Waals surface area contributed by atoms with Crippen molar-refractivity contribution in [3.8, 4) is 5.75 Å². The second-order valence-corrected chi connectivity index (χ2v) is 5.08. The maximum atomic E-state index is 12.1. The first-order valence-electron chi connectivity index (χ1n) is 5.72. The summed E-state index contributed by atoms with van der Waals surface area (Å²) in [5, 5.41) is 13.4. The maximum absolute atomic E-state index is 12.1. The summed E-state index contributed by atoms with van der Waals surface area (Å²) < 4.78 is 0. The molecule has 1 aromatic rings. The molecular weight excluding hydrogens is 275 g/mol. The molecule has 1 aliphatic rings. The number of hydrogen-bond acceptors (Lipinski definition) is 4. The van der Waals surface area contributed by atoms with Gasteiger partial charge in [-0.25, -0.2) is 0 Å². The van der Waals surface area contributed by atoms with E-state index in [1.807, 2.05) is 4.90 Å². The van der Waals surface area contributed by atoms with Gasteiger partial charge in [-0.2, -0.15) is 0 Å². The molecule has 1 saturated heterocycles. The zero-order valence-electron chi connectivity index (χ0n) is 9.75. The van der Waals surface area contributed by atoms with Crippen LogP contribution in [0.2, 0.25) is 10.0 Å². The molecule has 0 atom stereocenters. The number of nitrogens with zero attached hydrogens (tertiary/aromatic N) is 1. The molecule has 1 heterocycles. The molecular formula is C12H14Cl2N2O2. The normalized spacial score (nSPS) is 16.8. The van der Waals surface area contributed by atoms with E-state index in [1.54, 1.807) is 0 Å². The number of phenolic OH excluding ortho intramolecular Hbond substituents is 1. The summed E-state index contributed by atoms with van der Waals surface area (Å²) >= 11 is 11.6. The molecule has 98 valence electrons. The van der Waals surface area contributed by atoms with Crippen molar-refractivity contribution < 1.29 is 9.90 Å². The van der Waals surface area contributed by atoms with Crippen LogP contribution in [-0.4, -0.2) is 48.5 Å². The summed E-state index contributed by atoms with van der Waals surface area (Å²) in [6, 6.07) is 2.87. The number of aromatic hydroxyl groups is 1. The van der Waals surface area contributed by atoms with Crippen molar-refractivity contribution in [3.05, 3.63) is 27.7 Å². The van der Waals surface area contributed by atoms with Crippen LogP contribution in [0.4, 0.5) is 0 Å². The van der Waals surface area contributed by atoms with Crippen molar-refractivity contribution in [3.63, 3.8) is 0 Å². The summed E-state index contributed by atoms with van der Waals surface area (Å²) in [4.78, 5) is 14.1. The Balaban J connectivity index is 2.13. The molecule has 1 aromatic carbocycles. The number of rotatable bonds is 3. The molecule has 1 aliphatic heterocycles. The quantitative estimate of drug-likeness (QED) is 0.833. The number of phenols is 1. The fraction of sp³-hybridized carbons (Fsp3) is 0.417. The molecule has 4 nitrogen and oxygen atoms in total. The molecule has 2 rings (SSSR count). The van der Waals surface area contributed by atoms with Crippen molar-refractivity contribution in [1.82, 2.24) is 10.2 Å². The highest BCUT2D eigenvalue weighted by atomic mass is 35.5. The van der Waals surface area contributed by atoms with Crippen LogP contribution in [0.1, 0.15) is 10.4 Å². The van der Waals surface area contributed by atoms with E-state index in [2.05, 4.69) is 5.32 Å². The van der Waals surface area contributed by atoms with Crippen molar-refractivity contribution in [2.75, 3.05) is 32.7 Å². The summed E-state index contributed by atoms with van der Waals surface area (Å²) in [6.07, 6.45) is 0. The Morgan fingerprint density at radius 2 is 2.00 bits per heavy atom. The van der Waals surface area contributed by atoms with E-state index in [-0.39, 0.29) is 28.7 Å². The van der Waals surface area contributed by atoms with Crippen LogP contribution in [0.5, 0.6) is 5.75 Å². The van der Waals surface area contributed by atoms with Gasteiger partial charge in [0.2, 0.25) is 0 Å². The number of nitrogens with one attached hydrogen (secondary N) is 1. The van der Waals surface area contributed by atoms with Gasteiger partial charge in [0.05, 0.1) is 17.1 Å². The zero-order chi connectivity index (χ0) is 13.1. The standard InChI is InChI=1S/C12H14Cl2N2O2/c13-8-5-9(12(18)10(14)6-8)11(17)7-16-3-1-15-2-4-16/h5-6,15,18H,1-4,7H2. The molecule has 0 aliphatic carbocycles. The fourth-order valence-electron chi connectivity index (χ4n) is 1.94. The molecule has 0 unspecified atom stereocenters. The van der Waals surface area contributed by atoms with Crippen molar-refractivity contribution >= 4 is 29.0 Å². The second-order valence-electron chi connectivity index (χ2n) is 4.23. The van der Waals surface area contributed by atoms with Gasteiger partial charge in [0.1, 0.15) is 5.75 Å². The van der Waals surface area contributed by atoms with Crippen LogP contribution in [0, 0.1) is 0 Å². The molecule has 0 bridgehead atoms. The molecule has 1 fully saturated rings. The van der Waals surface area contributed by atoms with Gasteiger partial charge in [0, 0.05) is 31.2 Å². The van der Waals surface area contributed by atoms with Gasteiger partial charge in [0.15, 0.2) is 5.78 Å². The number of hydrogen-bond donors (Lipinski definition) is 2. The van der Waals surface area contributed by atoms with Gasteiger partial charge < -0.3 is 10.4 Å². The molecule has 0 aromatic heterocycles. The summed E-state index contributed by atoms with van der Waals surface area (Å²) in [6.45, 7) is 3.65. The number of halogens is 2. The lowest BCUT2D eigenvalue weighted by molar-refractivity contribution is 0.0919. The van der Waals surface area contributed by atoms with Crippen LogP contribution in [0.15, 0.2) is 12.1 Å². The highest BCUT2D eigenvalue weighted by Gasteiger charge is 2.19. The Kier molecular flexibility index (Phi) is 4.45. The lowest BCUT2D eigenvalue weighted by atomic mass is 10.1. The minimum absolute atomic E-state index is 0.103. The molecule has 0 radical (unpaired) electrons. The van der Waals surface area contributed by atoms with Crippen molar-refractivity contribution in [2.24, 2.45) is 0 Å². The third-order valence-electron chi connectivity index (χ3n) is 2.91. The number of Topliss-reactive ketones (excluding diaryl/α,β-unsaturated/α-hetero) is 1. The van der Waals surface area contributed by atoms with Crippen LogP contribution < -0.4 is 5.32 Å². The third-order valence-corrected chi connectivity index (χ3v) is 3.41. The van der Waals surface area contributed by atoms with E-state index in [1.165, 1.54) is 12.1 Å². The predicted molar refractivity (Wildman–Crippen MR) is 71.8 cm³/mol. The Morgan fingerprint density at radius 1 is 1.33 bits per heavy atom. The van der Waals surface area contributed by atoms with E-state index < -0.39 is 0 Å². The van der Waals surface area contributed by atoms with Gasteiger partial charge in [-0.3, -0.25) is 9.69 Å². The Morgan fingerprint density at radius 3 is 2.67 bits per heavy atom. The average Bonchev–Trinajstić information content (AvgIpc) is 2.35. The van der Waals surface area contributed by atoms with E-state index in [0.717, 1.165) is 26.2 Å². The first-order valence-corrected chi connectivity index (χ1v) is 6.48. The number of ketones is 1. The highest BCUT2D eigenvalue weighted by Crippen LogP contribution is 2.31. The van der Waals surface area contributed by atoms with E-state index in [0.29, 0.717) is 5.02 Å². The Labute approximate surface area is 115 Å². The minimum atomic E-state index is -0.193. The number of carbonyl (C=O) groups excluding carboxylic acids is 1. The maximum Gasteiger partial charge on any atom is 0.180 e. The van der Waals surface area contributed by atoms with Gasteiger partial charge in [0.25, 0.3) is 0 Å². The van der Waals surface area contributed by atoms with Crippen LogP contribution in [0.25, 0.3) is 0 Å². The van der Waals surface area contributed by atoms with E-state index in [4.69, 9.17) is 23.2 Å². The summed E-state index contributed by atoms with van der Waals surface area (Å²) in [5.74, 6) is -0.361. The van der Waals surface area contributed by atoms with Crippen molar-refractivity contribution in [1.29, 1.82) is 0 Å². The molecule has 0 saturated carbocycles. The first-order chi connectivity index (χ1) is 8.58. The molecule has 2 N–H and O–H groups in total. The van der Waals surface area contributed by atoms with Crippen LogP contribution in [-0.2, 0) is 0 Å². The van der Waals surface area contributed by atoms with Gasteiger partial charge >= 0.3 is 0 Å². The molecule has 6 heteroatoms. The van der Waals surface area contributed by atoms with Crippen LogP contribution in [0.3, 0.4) is 0 Å². The fourth-order valence-corrected chi connectivity index (χ4v) is 2.43. The van der Waals surface area contributed by atoms with Gasteiger partial charge in [-0.05, 0) is 12.1 Å². The number of benzene rings is 1. The highest BCUT2D eigenvalue weighted by molar-refractivity contribution is 6.36. The monoisotopic (exact) mass is 288 g/mol. The number of piperazine rings is 1. The van der Waals surface area contributed by atoms with Gasteiger partial charge in [-0.1, -0.05) is 23.2 Å². The summed E-state index contributed by atoms with van der Waals surface area (Å²) in [5.41, 5.74) is 0.186. The minimum Gasteiger partial charge on any atom is -0.506 e. The van der Waals surface area contributed by atoms with Crippen LogP contribution >= 0.6 is 23.2 Å². The summed E-state index contributed by atoms with van der Waals surface area (Å²) in [7, 11) is 0. The van der Waals surface area contributed by atoms with Gasteiger partial charge in [-0.15, -0.1) is 0 Å². The molecule has 0 amide bonds. The van der Waals surface area contributed by atoms with Crippen molar-refractivity contribution in [2.45, 2.75) is 0 Å². The zero-order valence-corrected chi connectivity index (χ0v) is 11.3. The Hall–Kier alpha value is -0.810. The molecule has 18 heavy (non-hydrogen) atoms. The number of carbonyl (C=O) groups is 1. The molecule has 0 spiro atoms. The topological polar surface area (TPSA) is 52.6 Å². The lowest BCUT2D eigenvalue weighted by Gasteiger charge is -2.26. The van der Waals surface area contributed by atoms with E-state index >= 15 is 0 Å². The SMILES string of the molecule is O=C(CN1CCNCC1)c1cc(Cl)cc(Cl)c1O. The smallest absolute Gasteiger partial charge is 0.180 e. The lowest BCUT2D eigenvalue weighted by Crippen LogP contribution is -2.45. The Bertz CT molecular complexity index is 460. The first kappa shape index (κ1) is 13.6. The average molecular weight is 289 g/mol. The second kappa shape index (κ2) is 5.89.